The molecule has 1 saturated carbocycles. The van der Waals surface area contributed by atoms with Crippen LogP contribution in [0.5, 0.6) is 23.1 Å². The highest BCUT2D eigenvalue weighted by Crippen LogP contribution is 2.53. The Balaban J connectivity index is 0.968. The predicted octanol–water partition coefficient (Wildman–Crippen LogP) is 9.31. The molecular weight excluding hydrogens is 1000 g/mol. The van der Waals surface area contributed by atoms with Gasteiger partial charge >= 0.3 is 5.97 Å². The van der Waals surface area contributed by atoms with Crippen molar-refractivity contribution in [3.05, 3.63) is 105 Å². The summed E-state index contributed by atoms with van der Waals surface area (Å²) in [6.07, 6.45) is 4.00. The maximum absolute atomic E-state index is 14.4. The first kappa shape index (κ1) is 51.2. The molecule has 3 atom stereocenters. The summed E-state index contributed by atoms with van der Waals surface area (Å²) < 4.78 is 52.0. The van der Waals surface area contributed by atoms with Crippen molar-refractivity contribution < 1.29 is 52.5 Å². The van der Waals surface area contributed by atoms with Gasteiger partial charge in [-0.3, -0.25) is 4.90 Å². The number of hydrogen-bond acceptors (Lipinski definition) is 16. The summed E-state index contributed by atoms with van der Waals surface area (Å²) in [5.41, 5.74) is 4.44. The number of carbonyl (C=O) groups is 1. The average molecular weight is 1060 g/mol. The van der Waals surface area contributed by atoms with Gasteiger partial charge in [-0.25, -0.2) is 38.9 Å². The van der Waals surface area contributed by atoms with Crippen LogP contribution in [0.25, 0.3) is 31.8 Å². The number of thiophene rings is 1. The highest BCUT2D eigenvalue weighted by molar-refractivity contribution is 7.22. The Morgan fingerprint density at radius 3 is 2.42 bits per heavy atom. The molecule has 16 nitrogen and oxygen atoms in total. The van der Waals surface area contributed by atoms with Gasteiger partial charge in [-0.2, -0.15) is 0 Å². The van der Waals surface area contributed by atoms with Gasteiger partial charge < -0.3 is 38.4 Å². The zero-order valence-corrected chi connectivity index (χ0v) is 43.1. The number of carboxylic acid groups (broad SMARTS) is 1. The maximum Gasteiger partial charge on any atom is 0.345 e. The van der Waals surface area contributed by atoms with Crippen molar-refractivity contribution in [2.24, 2.45) is 0 Å². The highest BCUT2D eigenvalue weighted by atomic mass is 35.5. The third-order valence-electron chi connectivity index (χ3n) is 13.9. The Hall–Kier alpha value is -5.28. The van der Waals surface area contributed by atoms with Crippen LogP contribution < -0.4 is 18.9 Å². The van der Waals surface area contributed by atoms with Gasteiger partial charge in [0.25, 0.3) is 0 Å². The van der Waals surface area contributed by atoms with Crippen molar-refractivity contribution in [1.29, 1.82) is 0 Å². The number of halogens is 3. The van der Waals surface area contributed by atoms with Crippen molar-refractivity contribution in [3.63, 3.8) is 0 Å². The second-order valence-corrected chi connectivity index (χ2v) is 20.7. The standard InChI is InChI=1S/C53H57Cl2FN6O10S/c1-30-43-31(2)47(55)48(46(30)54)70-39(24-62-18-16-61(3)17-19-62)27-67-38-12-13-41(68-25-36-14-15-57-50(60-36)33-6-10-37(11-7-33)72-69-28-40-26-65-20-21-66-40)34(22-38)23-42(53(63)64)71-51-45-44(43)49(73-52(45)59-29-58-51)32-4-8-35(56)9-5-32/h4-5,8-9,12-15,22,29,33,37,39-40,42H,6-7,10-11,16-21,23-28H2,1-3H3,(H,63,64)/t33?,37?,39-,40+,42-/m1/s1. The van der Waals surface area contributed by atoms with E-state index in [0.29, 0.717) is 114 Å². The summed E-state index contributed by atoms with van der Waals surface area (Å²) in [6.45, 7) is 9.88. The summed E-state index contributed by atoms with van der Waals surface area (Å²) in [5.74, 6) is 0.443. The molecule has 0 amide bonds. The molecule has 7 heterocycles. The van der Waals surface area contributed by atoms with Crippen molar-refractivity contribution in [1.82, 2.24) is 29.7 Å². The first-order valence-electron chi connectivity index (χ1n) is 24.6. The van der Waals surface area contributed by atoms with Crippen molar-refractivity contribution in [2.45, 2.75) is 82.9 Å². The number of nitrogens with zero attached hydrogens (tertiary/aromatic N) is 6. The molecule has 6 aromatic rings. The number of piperazine rings is 1. The first-order valence-corrected chi connectivity index (χ1v) is 26.2. The molecule has 73 heavy (non-hydrogen) atoms. The molecule has 3 fully saturated rings. The van der Waals surface area contributed by atoms with Gasteiger partial charge in [0.15, 0.2) is 5.75 Å². The number of fused-ring (bicyclic) bond motifs is 7. The second kappa shape index (κ2) is 23.1. The van der Waals surface area contributed by atoms with Crippen molar-refractivity contribution in [2.75, 3.05) is 72.8 Å². The van der Waals surface area contributed by atoms with E-state index in [4.69, 9.17) is 66.4 Å². The number of rotatable bonds is 12. The molecule has 3 aromatic carbocycles. The van der Waals surface area contributed by atoms with E-state index in [0.717, 1.165) is 57.7 Å². The van der Waals surface area contributed by atoms with E-state index in [1.807, 2.05) is 19.9 Å². The first-order chi connectivity index (χ1) is 35.4. The molecule has 0 unspecified atom stereocenters. The minimum Gasteiger partial charge on any atom is -0.490 e. The number of aromatic nitrogens is 4. The van der Waals surface area contributed by atoms with E-state index < -0.39 is 24.0 Å². The minimum atomic E-state index is -1.47. The second-order valence-electron chi connectivity index (χ2n) is 18.9. The van der Waals surface area contributed by atoms with Crippen LogP contribution in [0.2, 0.25) is 10.0 Å². The van der Waals surface area contributed by atoms with E-state index in [1.54, 1.807) is 36.5 Å². The Labute approximate surface area is 436 Å². The van der Waals surface area contributed by atoms with Crippen molar-refractivity contribution in [3.8, 4) is 44.7 Å². The number of aliphatic carboxylic acids is 1. The molecule has 1 aliphatic carbocycles. The van der Waals surface area contributed by atoms with Gasteiger partial charge in [-0.05, 0) is 105 Å². The van der Waals surface area contributed by atoms with E-state index in [9.17, 15) is 14.3 Å². The van der Waals surface area contributed by atoms with E-state index >= 15 is 0 Å². The molecule has 4 aliphatic heterocycles. The largest absolute Gasteiger partial charge is 0.490 e. The summed E-state index contributed by atoms with van der Waals surface area (Å²) in [7, 11) is 2.10. The average Bonchev–Trinajstić information content (AvgIpc) is 3.79. The fourth-order valence-corrected chi connectivity index (χ4v) is 11.5. The summed E-state index contributed by atoms with van der Waals surface area (Å²) in [5, 5.41) is 12.0. The summed E-state index contributed by atoms with van der Waals surface area (Å²) in [6, 6.07) is 13.3. The molecule has 3 aromatic heterocycles. The lowest BCUT2D eigenvalue weighted by Crippen LogP contribution is -2.49. The molecule has 1 N–H and O–H groups in total. The predicted molar refractivity (Wildman–Crippen MR) is 273 cm³/mol. The van der Waals surface area contributed by atoms with Gasteiger partial charge in [0.1, 0.15) is 66.3 Å². The molecule has 386 valence electrons. The minimum absolute atomic E-state index is 0.0283. The summed E-state index contributed by atoms with van der Waals surface area (Å²) >= 11 is 16.0. The number of hydrogen-bond donors (Lipinski definition) is 1. The lowest BCUT2D eigenvalue weighted by atomic mass is 9.87. The Morgan fingerprint density at radius 2 is 1.68 bits per heavy atom. The van der Waals surface area contributed by atoms with Crippen LogP contribution >= 0.6 is 34.5 Å². The van der Waals surface area contributed by atoms with E-state index in [-0.39, 0.29) is 43.6 Å². The van der Waals surface area contributed by atoms with Gasteiger partial charge in [-0.15, -0.1) is 11.3 Å². The van der Waals surface area contributed by atoms with Crippen LogP contribution in [0.3, 0.4) is 0 Å². The van der Waals surface area contributed by atoms with E-state index in [2.05, 4.69) is 31.8 Å². The third kappa shape index (κ3) is 11.8. The lowest BCUT2D eigenvalue weighted by Gasteiger charge is -2.35. The molecule has 0 spiro atoms. The number of benzene rings is 3. The molecule has 11 rings (SSSR count). The van der Waals surface area contributed by atoms with Crippen molar-refractivity contribution >= 4 is 50.7 Å². The zero-order chi connectivity index (χ0) is 50.6. The van der Waals surface area contributed by atoms with Gasteiger partial charge in [0, 0.05) is 67.3 Å². The molecular formula is C53H57Cl2FN6O10S. The third-order valence-corrected chi connectivity index (χ3v) is 15.9. The Morgan fingerprint density at radius 1 is 0.904 bits per heavy atom. The zero-order valence-electron chi connectivity index (χ0n) is 40.8. The highest BCUT2D eigenvalue weighted by Gasteiger charge is 2.33. The molecule has 20 heteroatoms. The normalized spacial score (nSPS) is 22.0. The smallest absolute Gasteiger partial charge is 0.345 e. The maximum atomic E-state index is 14.4. The number of carboxylic acids is 1. The molecule has 4 bridgehead atoms. The number of likely N-dealkylation sites (N-methyl/N-ethyl adjacent to an activating group) is 1. The Kier molecular flexibility index (Phi) is 16.2. The lowest BCUT2D eigenvalue weighted by molar-refractivity contribution is -0.342. The summed E-state index contributed by atoms with van der Waals surface area (Å²) in [4.78, 5) is 49.3. The fourth-order valence-electron chi connectivity index (χ4n) is 9.82. The van der Waals surface area contributed by atoms with Crippen LogP contribution in [0.1, 0.15) is 59.8 Å². The molecule has 0 radical (unpaired) electrons. The van der Waals surface area contributed by atoms with Gasteiger partial charge in [-0.1, -0.05) is 35.3 Å². The fraction of sp³-hybridized carbons (Fsp3) is 0.453. The van der Waals surface area contributed by atoms with Crippen LogP contribution in [0.15, 0.2) is 61.1 Å². The quantitative estimate of drug-likeness (QED) is 0.0908. The van der Waals surface area contributed by atoms with Gasteiger partial charge in [0.05, 0.1) is 47.1 Å². The van der Waals surface area contributed by atoms with Gasteiger partial charge in [0.2, 0.25) is 12.0 Å². The van der Waals surface area contributed by atoms with Crippen LogP contribution in [-0.2, 0) is 37.1 Å². The van der Waals surface area contributed by atoms with E-state index in [1.165, 1.54) is 29.8 Å². The van der Waals surface area contributed by atoms with Crippen LogP contribution in [0, 0.1) is 19.7 Å². The Bertz CT molecular complexity index is 2880. The van der Waals surface area contributed by atoms with Crippen LogP contribution in [-0.4, -0.2) is 138 Å². The SMILES string of the molecule is Cc1c(Cl)c2c(Cl)c(C)c1-c1c(-c3ccc(F)cc3)sc3ncnc(c13)O[C@@H](C(=O)O)Cc1cc(ccc1OCc1ccnc(C3CCC(OOC[C@@H]4COCCO4)CC3)n1)OC[C@@H](CN1CCN(C)CC1)O2. The number of ether oxygens (including phenoxy) is 6. The topological polar surface area (TPSA) is 169 Å². The molecule has 5 aliphatic rings. The monoisotopic (exact) mass is 1060 g/mol. The molecule has 2 saturated heterocycles. The van der Waals surface area contributed by atoms with Crippen LogP contribution in [0.4, 0.5) is 4.39 Å².